The number of benzene rings is 2. The van der Waals surface area contributed by atoms with Crippen molar-refractivity contribution < 1.29 is 4.79 Å². The zero-order valence-electron chi connectivity index (χ0n) is 20.4. The Morgan fingerprint density at radius 1 is 0.622 bits per heavy atom. The molecule has 5 nitrogen and oxygen atoms in total. The van der Waals surface area contributed by atoms with Crippen LogP contribution in [0.1, 0.15) is 27.0 Å². The number of halogens is 4. The van der Waals surface area contributed by atoms with Gasteiger partial charge >= 0.3 is 0 Å². The minimum atomic E-state index is -0.143. The molecule has 1 amide bonds. The molecule has 4 aromatic rings. The van der Waals surface area contributed by atoms with Gasteiger partial charge in [0.15, 0.2) is 0 Å². The van der Waals surface area contributed by atoms with E-state index in [1.807, 2.05) is 60.7 Å². The quantitative estimate of drug-likeness (QED) is 0.212. The van der Waals surface area contributed by atoms with Gasteiger partial charge in [0.05, 0.1) is 0 Å². The molecule has 0 fully saturated rings. The number of rotatable bonds is 7. The minimum absolute atomic E-state index is 0.143. The summed E-state index contributed by atoms with van der Waals surface area (Å²) in [7, 11) is 3.80. The van der Waals surface area contributed by atoms with Crippen LogP contribution in [0, 0.1) is 0 Å². The highest BCUT2D eigenvalue weighted by Gasteiger charge is 2.14. The van der Waals surface area contributed by atoms with Gasteiger partial charge in [-0.3, -0.25) is 9.69 Å². The highest BCUT2D eigenvalue weighted by molar-refractivity contribution is 6.33. The number of aromatic nitrogens is 2. The van der Waals surface area contributed by atoms with E-state index in [1.54, 1.807) is 11.9 Å². The van der Waals surface area contributed by atoms with E-state index in [1.165, 1.54) is 17.7 Å². The largest absolute Gasteiger partial charge is 0.337 e. The summed E-state index contributed by atoms with van der Waals surface area (Å²) in [6, 6.07) is 26.8. The number of nitrogens with zero attached hydrogens (tertiary/aromatic N) is 4. The predicted molar refractivity (Wildman–Crippen MR) is 152 cm³/mol. The molecule has 0 spiro atoms. The Balaban J connectivity index is 0.000000206. The third-order valence-corrected chi connectivity index (χ3v) is 5.96. The fourth-order valence-corrected chi connectivity index (χ4v) is 4.57. The molecule has 0 aliphatic heterocycles. The van der Waals surface area contributed by atoms with Crippen LogP contribution in [0.3, 0.4) is 0 Å². The van der Waals surface area contributed by atoms with E-state index in [2.05, 4.69) is 34.0 Å². The van der Waals surface area contributed by atoms with Gasteiger partial charge in [0.2, 0.25) is 0 Å². The van der Waals surface area contributed by atoms with Crippen molar-refractivity contribution in [1.82, 2.24) is 19.8 Å². The molecule has 0 saturated carbocycles. The lowest BCUT2D eigenvalue weighted by molar-refractivity contribution is 0.0785. The summed E-state index contributed by atoms with van der Waals surface area (Å²) in [6.45, 7) is 2.20. The molecule has 2 aromatic heterocycles. The topological polar surface area (TPSA) is 49.3 Å². The smallest absolute Gasteiger partial charge is 0.254 e. The Morgan fingerprint density at radius 3 is 1.51 bits per heavy atom. The zero-order chi connectivity index (χ0) is 26.8. The van der Waals surface area contributed by atoms with E-state index < -0.39 is 0 Å². The standard InChI is InChI=1S/C14H12Cl2N2O.C14H14Cl2N2/c1-18(9-10-5-3-2-4-6-10)14(19)11-7-12(15)17-13(16)8-11;1-18(9-11-5-3-2-4-6-11)10-12-7-13(15)17-14(16)8-12/h2-8H,9H2,1H3;2-8H,9-10H2,1H3. The Bertz CT molecular complexity index is 1270. The fourth-order valence-electron chi connectivity index (χ4n) is 3.61. The lowest BCUT2D eigenvalue weighted by Gasteiger charge is -2.17. The second-order valence-electron chi connectivity index (χ2n) is 8.43. The third-order valence-electron chi connectivity index (χ3n) is 5.19. The SMILES string of the molecule is CN(Cc1ccccc1)C(=O)c1cc(Cl)nc(Cl)c1.CN(Cc1ccccc1)Cc1cc(Cl)nc(Cl)c1. The van der Waals surface area contributed by atoms with Crippen LogP contribution < -0.4 is 0 Å². The molecule has 0 aliphatic rings. The van der Waals surface area contributed by atoms with Crippen LogP contribution in [0.15, 0.2) is 84.9 Å². The van der Waals surface area contributed by atoms with E-state index in [0.29, 0.717) is 22.4 Å². The number of hydrogen-bond acceptors (Lipinski definition) is 4. The molecule has 0 aliphatic carbocycles. The molecule has 2 aromatic carbocycles. The van der Waals surface area contributed by atoms with Crippen molar-refractivity contribution in [3.8, 4) is 0 Å². The molecular formula is C28H26Cl4N4O. The lowest BCUT2D eigenvalue weighted by atomic mass is 10.2. The van der Waals surface area contributed by atoms with Gasteiger partial charge in [0, 0.05) is 32.2 Å². The van der Waals surface area contributed by atoms with E-state index in [0.717, 1.165) is 24.2 Å². The first-order chi connectivity index (χ1) is 17.7. The maximum atomic E-state index is 12.2. The number of carbonyl (C=O) groups is 1. The number of pyridine rings is 2. The van der Waals surface area contributed by atoms with Crippen molar-refractivity contribution in [2.24, 2.45) is 0 Å². The van der Waals surface area contributed by atoms with E-state index in [9.17, 15) is 4.79 Å². The number of carbonyl (C=O) groups excluding carboxylic acids is 1. The Morgan fingerprint density at radius 2 is 1.03 bits per heavy atom. The van der Waals surface area contributed by atoms with Crippen molar-refractivity contribution in [2.75, 3.05) is 14.1 Å². The van der Waals surface area contributed by atoms with Crippen molar-refractivity contribution >= 4 is 52.3 Å². The third kappa shape index (κ3) is 9.95. The molecule has 0 atom stereocenters. The van der Waals surface area contributed by atoms with Crippen LogP contribution in [0.5, 0.6) is 0 Å². The summed E-state index contributed by atoms with van der Waals surface area (Å²) in [5.41, 5.74) is 3.85. The molecule has 0 N–H and O–H groups in total. The van der Waals surface area contributed by atoms with Crippen molar-refractivity contribution in [2.45, 2.75) is 19.6 Å². The predicted octanol–water partition coefficient (Wildman–Crippen LogP) is 7.68. The van der Waals surface area contributed by atoms with Crippen LogP contribution in [-0.4, -0.2) is 39.8 Å². The molecule has 0 saturated heterocycles. The highest BCUT2D eigenvalue weighted by atomic mass is 35.5. The second kappa shape index (κ2) is 14.3. The maximum Gasteiger partial charge on any atom is 0.254 e. The molecule has 192 valence electrons. The van der Waals surface area contributed by atoms with Crippen LogP contribution in [0.25, 0.3) is 0 Å². The second-order valence-corrected chi connectivity index (χ2v) is 9.98. The van der Waals surface area contributed by atoms with Crippen LogP contribution >= 0.6 is 46.4 Å². The van der Waals surface area contributed by atoms with Gasteiger partial charge in [0.1, 0.15) is 20.6 Å². The van der Waals surface area contributed by atoms with E-state index in [4.69, 9.17) is 46.4 Å². The molecular weight excluding hydrogens is 550 g/mol. The monoisotopic (exact) mass is 574 g/mol. The van der Waals surface area contributed by atoms with Gasteiger partial charge in [-0.05, 0) is 48.0 Å². The molecule has 4 rings (SSSR count). The fraction of sp³-hybridized carbons (Fsp3) is 0.179. The maximum absolute atomic E-state index is 12.2. The molecule has 37 heavy (non-hydrogen) atoms. The summed E-state index contributed by atoms with van der Waals surface area (Å²) in [4.78, 5) is 23.8. The van der Waals surface area contributed by atoms with Crippen LogP contribution in [-0.2, 0) is 19.6 Å². The van der Waals surface area contributed by atoms with Gasteiger partial charge in [-0.1, -0.05) is 107 Å². The first kappa shape index (κ1) is 28.9. The highest BCUT2D eigenvalue weighted by Crippen LogP contribution is 2.18. The molecule has 0 bridgehead atoms. The normalized spacial score (nSPS) is 10.6. The van der Waals surface area contributed by atoms with Gasteiger partial charge in [0.25, 0.3) is 5.91 Å². The minimum Gasteiger partial charge on any atom is -0.337 e. The summed E-state index contributed by atoms with van der Waals surface area (Å²) in [6.07, 6.45) is 0. The van der Waals surface area contributed by atoms with Crippen molar-refractivity contribution in [3.05, 3.63) is 128 Å². The van der Waals surface area contributed by atoms with Gasteiger partial charge in [-0.25, -0.2) is 9.97 Å². The molecule has 0 radical (unpaired) electrons. The first-order valence-electron chi connectivity index (χ1n) is 11.4. The number of hydrogen-bond donors (Lipinski definition) is 0. The van der Waals surface area contributed by atoms with Crippen molar-refractivity contribution in [1.29, 1.82) is 0 Å². The molecule has 2 heterocycles. The van der Waals surface area contributed by atoms with Crippen molar-refractivity contribution in [3.63, 3.8) is 0 Å². The first-order valence-corrected chi connectivity index (χ1v) is 12.9. The van der Waals surface area contributed by atoms with Gasteiger partial charge in [-0.2, -0.15) is 0 Å². The molecule has 9 heteroatoms. The zero-order valence-corrected chi connectivity index (χ0v) is 23.4. The summed E-state index contributed by atoms with van der Waals surface area (Å²) >= 11 is 23.3. The number of amides is 1. The average molecular weight is 576 g/mol. The Kier molecular flexibility index (Phi) is 11.2. The Hall–Kier alpha value is -2.67. The summed E-state index contributed by atoms with van der Waals surface area (Å²) in [5, 5.41) is 1.30. The van der Waals surface area contributed by atoms with Gasteiger partial charge in [-0.15, -0.1) is 0 Å². The van der Waals surface area contributed by atoms with Gasteiger partial charge < -0.3 is 4.90 Å². The molecule has 0 unspecified atom stereocenters. The lowest BCUT2D eigenvalue weighted by Crippen LogP contribution is -2.26. The summed E-state index contributed by atoms with van der Waals surface area (Å²) < 4.78 is 0. The van der Waals surface area contributed by atoms with Crippen LogP contribution in [0.4, 0.5) is 0 Å². The van der Waals surface area contributed by atoms with E-state index >= 15 is 0 Å². The summed E-state index contributed by atoms with van der Waals surface area (Å²) in [5.74, 6) is -0.143. The van der Waals surface area contributed by atoms with Crippen LogP contribution in [0.2, 0.25) is 20.6 Å². The Labute approximate surface area is 237 Å². The average Bonchev–Trinajstić information content (AvgIpc) is 2.84. The van der Waals surface area contributed by atoms with E-state index in [-0.39, 0.29) is 16.2 Å².